The quantitative estimate of drug-likeness (QED) is 0.298. The van der Waals surface area contributed by atoms with Crippen molar-refractivity contribution in [1.82, 2.24) is 20.3 Å². The molecule has 3 rings (SSSR count). The van der Waals surface area contributed by atoms with Gasteiger partial charge < -0.3 is 15.1 Å². The van der Waals surface area contributed by atoms with Crippen molar-refractivity contribution < 1.29 is 12.8 Å². The summed E-state index contributed by atoms with van der Waals surface area (Å²) in [6.07, 6.45) is 4.10. The normalized spacial score (nSPS) is 16.8. The standard InChI is InChI=1S/C19H29N5O3S2/c1-2-20-19(21-9-10-23-29(25,26)18-8-6-14-28-18)22-15-16(17-7-5-13-27-17)24-11-3-4-12-24/h5-8,13-14,16,23H,2-4,9-12,15H2,1H3,(H2,20,21,22). The van der Waals surface area contributed by atoms with E-state index in [0.29, 0.717) is 23.3 Å². The number of aliphatic imine (C=N–C) groups is 1. The van der Waals surface area contributed by atoms with Gasteiger partial charge in [0.05, 0.1) is 18.8 Å². The van der Waals surface area contributed by atoms with Gasteiger partial charge >= 0.3 is 0 Å². The second kappa shape index (κ2) is 10.8. The maximum absolute atomic E-state index is 12.2. The summed E-state index contributed by atoms with van der Waals surface area (Å²) in [4.78, 5) is 7.12. The summed E-state index contributed by atoms with van der Waals surface area (Å²) in [7, 11) is -3.44. The van der Waals surface area contributed by atoms with Crippen molar-refractivity contribution in [2.75, 3.05) is 39.3 Å². The highest BCUT2D eigenvalue weighted by Crippen LogP contribution is 2.25. The Morgan fingerprint density at radius 1 is 1.24 bits per heavy atom. The van der Waals surface area contributed by atoms with E-state index in [0.717, 1.165) is 25.4 Å². The van der Waals surface area contributed by atoms with Crippen molar-refractivity contribution in [3.8, 4) is 0 Å². The summed E-state index contributed by atoms with van der Waals surface area (Å²) in [5.41, 5.74) is 0. The summed E-state index contributed by atoms with van der Waals surface area (Å²) in [5.74, 6) is 1.59. The van der Waals surface area contributed by atoms with Gasteiger partial charge in [0.15, 0.2) is 5.96 Å². The second-order valence-corrected chi connectivity index (χ2v) is 9.69. The number of hydrogen-bond acceptors (Lipinski definition) is 6. The van der Waals surface area contributed by atoms with E-state index in [1.54, 1.807) is 23.8 Å². The molecule has 3 heterocycles. The van der Waals surface area contributed by atoms with Crippen LogP contribution in [0.1, 0.15) is 31.6 Å². The van der Waals surface area contributed by atoms with Gasteiger partial charge in [0.2, 0.25) is 10.0 Å². The van der Waals surface area contributed by atoms with Crippen LogP contribution in [-0.4, -0.2) is 58.5 Å². The Balaban J connectivity index is 1.54. The summed E-state index contributed by atoms with van der Waals surface area (Å²) in [6.45, 7) is 6.11. The van der Waals surface area contributed by atoms with E-state index in [9.17, 15) is 8.42 Å². The first kappa shape index (κ1) is 21.8. The van der Waals surface area contributed by atoms with Crippen LogP contribution >= 0.6 is 11.3 Å². The fourth-order valence-electron chi connectivity index (χ4n) is 3.29. The largest absolute Gasteiger partial charge is 0.468 e. The van der Waals surface area contributed by atoms with Crippen molar-refractivity contribution in [2.24, 2.45) is 4.99 Å². The van der Waals surface area contributed by atoms with E-state index < -0.39 is 10.0 Å². The lowest BCUT2D eigenvalue weighted by Crippen LogP contribution is -2.42. The van der Waals surface area contributed by atoms with Gasteiger partial charge in [-0.15, -0.1) is 11.3 Å². The van der Waals surface area contributed by atoms with E-state index in [-0.39, 0.29) is 12.6 Å². The molecule has 0 saturated carbocycles. The molecule has 2 aromatic rings. The highest BCUT2D eigenvalue weighted by molar-refractivity contribution is 7.91. The molecule has 160 valence electrons. The second-order valence-electron chi connectivity index (χ2n) is 6.75. The third-order valence-electron chi connectivity index (χ3n) is 4.69. The summed E-state index contributed by atoms with van der Waals surface area (Å²) in [5, 5.41) is 8.16. The molecule has 3 N–H and O–H groups in total. The number of rotatable bonds is 10. The maximum atomic E-state index is 12.2. The van der Waals surface area contributed by atoms with Gasteiger partial charge in [-0.25, -0.2) is 13.1 Å². The molecule has 0 radical (unpaired) electrons. The fourth-order valence-corrected chi connectivity index (χ4v) is 5.36. The topological polar surface area (TPSA) is 99.0 Å². The van der Waals surface area contributed by atoms with Crippen LogP contribution in [0.25, 0.3) is 0 Å². The number of sulfonamides is 1. The van der Waals surface area contributed by atoms with Crippen molar-refractivity contribution in [2.45, 2.75) is 30.0 Å². The Bertz CT molecular complexity index is 845. The van der Waals surface area contributed by atoms with Gasteiger partial charge in [-0.2, -0.15) is 0 Å². The van der Waals surface area contributed by atoms with Gasteiger partial charge in [-0.05, 0) is 56.4 Å². The van der Waals surface area contributed by atoms with Gasteiger partial charge in [0.25, 0.3) is 0 Å². The highest BCUT2D eigenvalue weighted by atomic mass is 32.2. The molecule has 29 heavy (non-hydrogen) atoms. The highest BCUT2D eigenvalue weighted by Gasteiger charge is 2.25. The molecule has 1 unspecified atom stereocenters. The molecule has 0 aromatic carbocycles. The zero-order valence-corrected chi connectivity index (χ0v) is 18.3. The number of nitrogens with one attached hydrogen (secondary N) is 3. The van der Waals surface area contributed by atoms with Crippen LogP contribution < -0.4 is 15.4 Å². The molecule has 0 bridgehead atoms. The minimum Gasteiger partial charge on any atom is -0.468 e. The van der Waals surface area contributed by atoms with E-state index in [4.69, 9.17) is 9.41 Å². The zero-order chi connectivity index (χ0) is 20.5. The molecule has 0 aliphatic carbocycles. The zero-order valence-electron chi connectivity index (χ0n) is 16.6. The van der Waals surface area contributed by atoms with Crippen LogP contribution in [0.15, 0.2) is 49.5 Å². The first-order valence-corrected chi connectivity index (χ1v) is 12.3. The molecule has 0 spiro atoms. The Labute approximate surface area is 176 Å². The van der Waals surface area contributed by atoms with Gasteiger partial charge in [0.1, 0.15) is 9.97 Å². The lowest BCUT2D eigenvalue weighted by atomic mass is 10.2. The number of hydrogen-bond donors (Lipinski definition) is 3. The number of likely N-dealkylation sites (tertiary alicyclic amines) is 1. The molecular weight excluding hydrogens is 410 g/mol. The van der Waals surface area contributed by atoms with Crippen LogP contribution in [0.3, 0.4) is 0 Å². The maximum Gasteiger partial charge on any atom is 0.250 e. The van der Waals surface area contributed by atoms with E-state index in [1.807, 2.05) is 19.1 Å². The van der Waals surface area contributed by atoms with Crippen LogP contribution in [0.2, 0.25) is 0 Å². The number of thiophene rings is 1. The SMILES string of the molecule is CCNC(=NCC(c1ccco1)N1CCCC1)NCCNS(=O)(=O)c1cccs1. The summed E-state index contributed by atoms with van der Waals surface area (Å²) in [6, 6.07) is 7.34. The van der Waals surface area contributed by atoms with Gasteiger partial charge in [0, 0.05) is 19.6 Å². The Kier molecular flexibility index (Phi) is 8.10. The Hall–Kier alpha value is -1.88. The minimum absolute atomic E-state index is 0.111. The van der Waals surface area contributed by atoms with Crippen LogP contribution in [0.4, 0.5) is 0 Å². The third-order valence-corrected chi connectivity index (χ3v) is 7.55. The Morgan fingerprint density at radius 3 is 2.72 bits per heavy atom. The van der Waals surface area contributed by atoms with E-state index in [2.05, 4.69) is 20.3 Å². The predicted octanol–water partition coefficient (Wildman–Crippen LogP) is 2.01. The average Bonchev–Trinajstić information content (AvgIpc) is 3.48. The molecule has 0 amide bonds. The van der Waals surface area contributed by atoms with Crippen molar-refractivity contribution in [3.63, 3.8) is 0 Å². The van der Waals surface area contributed by atoms with E-state index >= 15 is 0 Å². The van der Waals surface area contributed by atoms with Crippen molar-refractivity contribution in [3.05, 3.63) is 41.7 Å². The van der Waals surface area contributed by atoms with Crippen molar-refractivity contribution in [1.29, 1.82) is 0 Å². The monoisotopic (exact) mass is 439 g/mol. The summed E-state index contributed by atoms with van der Waals surface area (Å²) < 4.78 is 32.9. The van der Waals surface area contributed by atoms with E-state index in [1.165, 1.54) is 24.2 Å². The lowest BCUT2D eigenvalue weighted by Gasteiger charge is -2.24. The average molecular weight is 440 g/mol. The number of guanidine groups is 1. The fraction of sp³-hybridized carbons (Fsp3) is 0.526. The van der Waals surface area contributed by atoms with Crippen LogP contribution in [-0.2, 0) is 10.0 Å². The molecule has 2 aromatic heterocycles. The van der Waals surface area contributed by atoms with Crippen LogP contribution in [0, 0.1) is 0 Å². The van der Waals surface area contributed by atoms with Crippen LogP contribution in [0.5, 0.6) is 0 Å². The molecule has 1 aliphatic rings. The molecule has 1 fully saturated rings. The summed E-state index contributed by atoms with van der Waals surface area (Å²) >= 11 is 1.20. The van der Waals surface area contributed by atoms with Crippen molar-refractivity contribution >= 4 is 27.3 Å². The van der Waals surface area contributed by atoms with Gasteiger partial charge in [-0.1, -0.05) is 6.07 Å². The lowest BCUT2D eigenvalue weighted by molar-refractivity contribution is 0.221. The minimum atomic E-state index is -3.44. The Morgan fingerprint density at radius 2 is 2.07 bits per heavy atom. The molecule has 1 aliphatic heterocycles. The third kappa shape index (κ3) is 6.30. The molecule has 10 heteroatoms. The molecule has 1 atom stereocenters. The molecule has 1 saturated heterocycles. The first-order valence-electron chi connectivity index (χ1n) is 9.93. The smallest absolute Gasteiger partial charge is 0.250 e. The number of furan rings is 1. The molecular formula is C19H29N5O3S2. The first-order chi connectivity index (χ1) is 14.1. The van der Waals surface area contributed by atoms with Gasteiger partial charge in [-0.3, -0.25) is 9.89 Å². The predicted molar refractivity (Wildman–Crippen MR) is 116 cm³/mol. The molecule has 8 nitrogen and oxygen atoms in total. The number of nitrogens with zero attached hydrogens (tertiary/aromatic N) is 2.